The van der Waals surface area contributed by atoms with Crippen LogP contribution in [0.25, 0.3) is 0 Å². The maximum absolute atomic E-state index is 5.40. The van der Waals surface area contributed by atoms with Crippen molar-refractivity contribution in [2.45, 2.75) is 26.3 Å². The molecule has 5 heteroatoms. The number of ether oxygens (including phenoxy) is 2. The van der Waals surface area contributed by atoms with Crippen molar-refractivity contribution in [3.63, 3.8) is 0 Å². The molecule has 1 aromatic rings. The van der Waals surface area contributed by atoms with Crippen LogP contribution in [-0.2, 0) is 11.3 Å². The van der Waals surface area contributed by atoms with Crippen molar-refractivity contribution in [2.75, 3.05) is 26.9 Å². The van der Waals surface area contributed by atoms with Crippen LogP contribution in [0.4, 0.5) is 0 Å². The zero-order valence-electron chi connectivity index (χ0n) is 10.6. The molecule has 1 rings (SSSR count). The Labute approximate surface area is 103 Å². The molecule has 0 bridgehead atoms. The summed E-state index contributed by atoms with van der Waals surface area (Å²) in [6, 6.07) is 3.72. The SMILES string of the molecule is CCCCOCCOc1ccc(CNC)nn1. The van der Waals surface area contributed by atoms with Gasteiger partial charge in [0, 0.05) is 19.2 Å². The van der Waals surface area contributed by atoms with Gasteiger partial charge in [-0.25, -0.2) is 0 Å². The molecule has 1 heterocycles. The Morgan fingerprint density at radius 3 is 2.71 bits per heavy atom. The molecule has 0 radical (unpaired) electrons. The molecule has 0 aliphatic rings. The Morgan fingerprint density at radius 2 is 2.06 bits per heavy atom. The first-order chi connectivity index (χ1) is 8.36. The molecule has 0 amide bonds. The molecule has 0 aromatic carbocycles. The van der Waals surface area contributed by atoms with Crippen LogP contribution in [0.2, 0.25) is 0 Å². The molecule has 0 fully saturated rings. The molecule has 1 N–H and O–H groups in total. The van der Waals surface area contributed by atoms with E-state index in [1.54, 1.807) is 0 Å². The summed E-state index contributed by atoms with van der Waals surface area (Å²) in [5.41, 5.74) is 0.902. The van der Waals surface area contributed by atoms with Crippen molar-refractivity contribution in [3.05, 3.63) is 17.8 Å². The van der Waals surface area contributed by atoms with E-state index in [1.807, 2.05) is 19.2 Å². The Morgan fingerprint density at radius 1 is 1.18 bits per heavy atom. The van der Waals surface area contributed by atoms with E-state index in [1.165, 1.54) is 0 Å². The van der Waals surface area contributed by atoms with Gasteiger partial charge in [-0.3, -0.25) is 0 Å². The summed E-state index contributed by atoms with van der Waals surface area (Å²) in [4.78, 5) is 0. The van der Waals surface area contributed by atoms with Crippen molar-refractivity contribution >= 4 is 0 Å². The average molecular weight is 239 g/mol. The quantitative estimate of drug-likeness (QED) is 0.660. The van der Waals surface area contributed by atoms with E-state index in [-0.39, 0.29) is 0 Å². The van der Waals surface area contributed by atoms with E-state index in [2.05, 4.69) is 22.4 Å². The maximum atomic E-state index is 5.40. The Kier molecular flexibility index (Phi) is 7.25. The van der Waals surface area contributed by atoms with Crippen molar-refractivity contribution < 1.29 is 9.47 Å². The molecule has 96 valence electrons. The third kappa shape index (κ3) is 6.19. The molecule has 5 nitrogen and oxygen atoms in total. The summed E-state index contributed by atoms with van der Waals surface area (Å²) in [5.74, 6) is 0.545. The maximum Gasteiger partial charge on any atom is 0.233 e. The molecular weight excluding hydrogens is 218 g/mol. The zero-order chi connectivity index (χ0) is 12.3. The minimum Gasteiger partial charge on any atom is -0.474 e. The second-order valence-electron chi connectivity index (χ2n) is 3.71. The predicted octanol–water partition coefficient (Wildman–Crippen LogP) is 1.39. The lowest BCUT2D eigenvalue weighted by molar-refractivity contribution is 0.0961. The van der Waals surface area contributed by atoms with Crippen LogP contribution < -0.4 is 10.1 Å². The molecule has 0 spiro atoms. The second kappa shape index (κ2) is 8.90. The molecule has 17 heavy (non-hydrogen) atoms. The summed E-state index contributed by atoms with van der Waals surface area (Å²) >= 11 is 0. The number of aromatic nitrogens is 2. The highest BCUT2D eigenvalue weighted by atomic mass is 16.5. The fraction of sp³-hybridized carbons (Fsp3) is 0.667. The Hall–Kier alpha value is -1.20. The van der Waals surface area contributed by atoms with Gasteiger partial charge in [-0.2, -0.15) is 5.10 Å². The zero-order valence-corrected chi connectivity index (χ0v) is 10.6. The van der Waals surface area contributed by atoms with Gasteiger partial charge in [-0.15, -0.1) is 5.10 Å². The van der Waals surface area contributed by atoms with E-state index < -0.39 is 0 Å². The first-order valence-corrected chi connectivity index (χ1v) is 6.04. The van der Waals surface area contributed by atoms with Gasteiger partial charge in [0.05, 0.1) is 12.3 Å². The van der Waals surface area contributed by atoms with Crippen LogP contribution in [0.15, 0.2) is 12.1 Å². The fourth-order valence-electron chi connectivity index (χ4n) is 1.25. The number of hydrogen-bond acceptors (Lipinski definition) is 5. The van der Waals surface area contributed by atoms with Crippen LogP contribution in [-0.4, -0.2) is 37.1 Å². The minimum atomic E-state index is 0.518. The molecular formula is C12H21N3O2. The number of rotatable bonds is 9. The number of hydrogen-bond donors (Lipinski definition) is 1. The lowest BCUT2D eigenvalue weighted by Gasteiger charge is -2.06. The lowest BCUT2D eigenvalue weighted by atomic mass is 10.4. The molecule has 0 unspecified atom stereocenters. The van der Waals surface area contributed by atoms with Gasteiger partial charge in [0.1, 0.15) is 6.61 Å². The number of nitrogens with zero attached hydrogens (tertiary/aromatic N) is 2. The Bertz CT molecular complexity index is 290. The van der Waals surface area contributed by atoms with Gasteiger partial charge < -0.3 is 14.8 Å². The summed E-state index contributed by atoms with van der Waals surface area (Å²) in [7, 11) is 1.87. The molecule has 0 aliphatic carbocycles. The van der Waals surface area contributed by atoms with Crippen LogP contribution in [0.1, 0.15) is 25.5 Å². The highest BCUT2D eigenvalue weighted by molar-refractivity contribution is 5.11. The first-order valence-electron chi connectivity index (χ1n) is 6.04. The van der Waals surface area contributed by atoms with E-state index in [0.29, 0.717) is 25.6 Å². The third-order valence-corrected chi connectivity index (χ3v) is 2.17. The number of unbranched alkanes of at least 4 members (excludes halogenated alkanes) is 1. The summed E-state index contributed by atoms with van der Waals surface area (Å²) in [5, 5.41) is 11.0. The van der Waals surface area contributed by atoms with Gasteiger partial charge >= 0.3 is 0 Å². The predicted molar refractivity (Wildman–Crippen MR) is 66.0 cm³/mol. The number of nitrogens with one attached hydrogen (secondary N) is 1. The monoisotopic (exact) mass is 239 g/mol. The van der Waals surface area contributed by atoms with Gasteiger partial charge in [-0.05, 0) is 19.5 Å². The lowest BCUT2D eigenvalue weighted by Crippen LogP contribution is -2.10. The average Bonchev–Trinajstić information content (AvgIpc) is 2.36. The summed E-state index contributed by atoms with van der Waals surface area (Å²) in [6.45, 7) is 4.77. The topological polar surface area (TPSA) is 56.3 Å². The molecule has 0 saturated carbocycles. The third-order valence-electron chi connectivity index (χ3n) is 2.17. The highest BCUT2D eigenvalue weighted by Crippen LogP contribution is 2.04. The second-order valence-corrected chi connectivity index (χ2v) is 3.71. The molecule has 0 aliphatic heterocycles. The highest BCUT2D eigenvalue weighted by Gasteiger charge is 1.98. The van der Waals surface area contributed by atoms with Gasteiger partial charge in [-0.1, -0.05) is 13.3 Å². The van der Waals surface area contributed by atoms with Gasteiger partial charge in [0.2, 0.25) is 5.88 Å². The van der Waals surface area contributed by atoms with Crippen molar-refractivity contribution in [1.82, 2.24) is 15.5 Å². The smallest absolute Gasteiger partial charge is 0.233 e. The molecule has 0 atom stereocenters. The van der Waals surface area contributed by atoms with Crippen molar-refractivity contribution in [3.8, 4) is 5.88 Å². The first kappa shape index (κ1) is 13.9. The van der Waals surface area contributed by atoms with E-state index in [4.69, 9.17) is 9.47 Å². The van der Waals surface area contributed by atoms with E-state index >= 15 is 0 Å². The van der Waals surface area contributed by atoms with E-state index in [9.17, 15) is 0 Å². The largest absolute Gasteiger partial charge is 0.474 e. The van der Waals surface area contributed by atoms with Crippen LogP contribution in [0.5, 0.6) is 5.88 Å². The molecule has 1 aromatic heterocycles. The van der Waals surface area contributed by atoms with E-state index in [0.717, 1.165) is 25.1 Å². The summed E-state index contributed by atoms with van der Waals surface area (Å²) in [6.07, 6.45) is 2.25. The van der Waals surface area contributed by atoms with Crippen molar-refractivity contribution in [1.29, 1.82) is 0 Å². The van der Waals surface area contributed by atoms with Crippen LogP contribution in [0.3, 0.4) is 0 Å². The Balaban J connectivity index is 2.14. The van der Waals surface area contributed by atoms with Crippen molar-refractivity contribution in [2.24, 2.45) is 0 Å². The fourth-order valence-corrected chi connectivity index (χ4v) is 1.25. The van der Waals surface area contributed by atoms with Gasteiger partial charge in [0.15, 0.2) is 0 Å². The minimum absolute atomic E-state index is 0.518. The van der Waals surface area contributed by atoms with Crippen LogP contribution >= 0.6 is 0 Å². The summed E-state index contributed by atoms with van der Waals surface area (Å²) < 4.78 is 10.8. The van der Waals surface area contributed by atoms with Crippen LogP contribution in [0, 0.1) is 0 Å². The normalized spacial score (nSPS) is 10.5. The van der Waals surface area contributed by atoms with Gasteiger partial charge in [0.25, 0.3) is 0 Å². The molecule has 0 saturated heterocycles. The standard InChI is InChI=1S/C12H21N3O2/c1-3-4-7-16-8-9-17-12-6-5-11(10-13-2)14-15-12/h5-6,13H,3-4,7-10H2,1-2H3.